The molecule has 1 atom stereocenters. The molecule has 0 radical (unpaired) electrons. The van der Waals surface area contributed by atoms with Crippen molar-refractivity contribution in [3.8, 4) is 0 Å². The second kappa shape index (κ2) is 8.78. The summed E-state index contributed by atoms with van der Waals surface area (Å²) in [5.41, 5.74) is 2.35. The molecule has 146 valence electrons. The number of amides is 1. The number of hydrogen-bond donors (Lipinski definition) is 0. The molecule has 1 aromatic carbocycles. The predicted molar refractivity (Wildman–Crippen MR) is 106 cm³/mol. The average Bonchev–Trinajstić information content (AvgIpc) is 3.30. The van der Waals surface area contributed by atoms with Crippen LogP contribution in [0.25, 0.3) is 0 Å². The van der Waals surface area contributed by atoms with Crippen molar-refractivity contribution >= 4 is 11.6 Å². The van der Waals surface area contributed by atoms with Gasteiger partial charge in [-0.15, -0.1) is 0 Å². The number of allylic oxidation sites excluding steroid dienone is 1. The molecule has 3 heterocycles. The maximum atomic E-state index is 13.0. The van der Waals surface area contributed by atoms with E-state index < -0.39 is 0 Å². The molecule has 0 N–H and O–H groups in total. The molecule has 0 spiro atoms. The van der Waals surface area contributed by atoms with Crippen molar-refractivity contribution in [2.75, 3.05) is 37.9 Å². The van der Waals surface area contributed by atoms with Crippen molar-refractivity contribution in [2.24, 2.45) is 5.92 Å². The molecule has 1 amide bonds. The average molecular weight is 379 g/mol. The Morgan fingerprint density at radius 3 is 2.46 bits per heavy atom. The highest BCUT2D eigenvalue weighted by atomic mass is 16.7. The SMILES string of the molecule is O=C(CC(Cc1ccccc1)C1=COCO1)N1CCN(c2ccncc2)CC1. The van der Waals surface area contributed by atoms with Crippen molar-refractivity contribution in [3.05, 3.63) is 72.4 Å². The van der Waals surface area contributed by atoms with Gasteiger partial charge in [0.25, 0.3) is 0 Å². The van der Waals surface area contributed by atoms with Crippen molar-refractivity contribution in [1.82, 2.24) is 9.88 Å². The third-order valence-electron chi connectivity index (χ3n) is 5.30. The maximum Gasteiger partial charge on any atom is 0.229 e. The van der Waals surface area contributed by atoms with Crippen molar-refractivity contribution in [3.63, 3.8) is 0 Å². The van der Waals surface area contributed by atoms with E-state index in [-0.39, 0.29) is 18.6 Å². The van der Waals surface area contributed by atoms with Gasteiger partial charge in [-0.05, 0) is 24.1 Å². The first-order valence-corrected chi connectivity index (χ1v) is 9.71. The zero-order valence-corrected chi connectivity index (χ0v) is 15.9. The molecule has 28 heavy (non-hydrogen) atoms. The normalized spacial score (nSPS) is 17.5. The highest BCUT2D eigenvalue weighted by Crippen LogP contribution is 2.26. The number of carbonyl (C=O) groups excluding carboxylic acids is 1. The second-order valence-electron chi connectivity index (χ2n) is 7.11. The summed E-state index contributed by atoms with van der Waals surface area (Å²) >= 11 is 0. The molecule has 0 saturated carbocycles. The number of anilines is 1. The minimum absolute atomic E-state index is 0.00405. The molecular weight excluding hydrogens is 354 g/mol. The molecule has 0 aliphatic carbocycles. The maximum absolute atomic E-state index is 13.0. The number of hydrogen-bond acceptors (Lipinski definition) is 5. The molecule has 6 nitrogen and oxygen atoms in total. The standard InChI is InChI=1S/C22H25N3O3/c26-22(25-12-10-24(11-13-25)20-6-8-23-9-7-20)15-19(21-16-27-17-28-21)14-18-4-2-1-3-5-18/h1-9,16,19H,10-15,17H2. The van der Waals surface area contributed by atoms with E-state index in [0.717, 1.165) is 44.0 Å². The third-order valence-corrected chi connectivity index (χ3v) is 5.30. The van der Waals surface area contributed by atoms with E-state index in [4.69, 9.17) is 9.47 Å². The van der Waals surface area contributed by atoms with E-state index in [0.29, 0.717) is 6.42 Å². The Morgan fingerprint density at radius 2 is 1.79 bits per heavy atom. The fourth-order valence-electron chi connectivity index (χ4n) is 3.75. The third kappa shape index (κ3) is 4.44. The minimum atomic E-state index is -0.00405. The van der Waals surface area contributed by atoms with E-state index in [1.807, 2.05) is 35.2 Å². The van der Waals surface area contributed by atoms with Gasteiger partial charge in [0.05, 0.1) is 0 Å². The number of carbonyl (C=O) groups is 1. The molecule has 1 aromatic heterocycles. The van der Waals surface area contributed by atoms with Gasteiger partial charge in [0, 0.05) is 56.6 Å². The van der Waals surface area contributed by atoms with E-state index in [2.05, 4.69) is 22.0 Å². The molecule has 1 saturated heterocycles. The van der Waals surface area contributed by atoms with Crippen LogP contribution in [-0.2, 0) is 20.7 Å². The van der Waals surface area contributed by atoms with Gasteiger partial charge < -0.3 is 19.3 Å². The fraction of sp³-hybridized carbons (Fsp3) is 0.364. The lowest BCUT2D eigenvalue weighted by atomic mass is 9.94. The van der Waals surface area contributed by atoms with E-state index in [1.54, 1.807) is 18.7 Å². The van der Waals surface area contributed by atoms with Crippen LogP contribution in [0.15, 0.2) is 66.9 Å². The number of pyridine rings is 1. The molecule has 6 heteroatoms. The monoisotopic (exact) mass is 379 g/mol. The van der Waals surface area contributed by atoms with Gasteiger partial charge in [0.1, 0.15) is 12.0 Å². The number of nitrogens with zero attached hydrogens (tertiary/aromatic N) is 3. The van der Waals surface area contributed by atoms with Gasteiger partial charge in [-0.2, -0.15) is 0 Å². The van der Waals surface area contributed by atoms with Crippen LogP contribution in [0.1, 0.15) is 12.0 Å². The van der Waals surface area contributed by atoms with Gasteiger partial charge in [-0.25, -0.2) is 0 Å². The van der Waals surface area contributed by atoms with Crippen molar-refractivity contribution in [2.45, 2.75) is 12.8 Å². The second-order valence-corrected chi connectivity index (χ2v) is 7.11. The number of rotatable bonds is 6. The van der Waals surface area contributed by atoms with Crippen molar-refractivity contribution in [1.29, 1.82) is 0 Å². The van der Waals surface area contributed by atoms with E-state index in [1.165, 1.54) is 5.56 Å². The Balaban J connectivity index is 1.36. The van der Waals surface area contributed by atoms with E-state index in [9.17, 15) is 4.79 Å². The molecule has 0 bridgehead atoms. The van der Waals surface area contributed by atoms with Crippen LogP contribution in [0.4, 0.5) is 5.69 Å². The summed E-state index contributed by atoms with van der Waals surface area (Å²) in [7, 11) is 0. The van der Waals surface area contributed by atoms with Gasteiger partial charge in [-0.1, -0.05) is 30.3 Å². The Kier molecular flexibility index (Phi) is 5.75. The molecule has 1 fully saturated rings. The number of ether oxygens (including phenoxy) is 2. The summed E-state index contributed by atoms with van der Waals surface area (Å²) in [4.78, 5) is 21.3. The molecule has 2 aromatic rings. The predicted octanol–water partition coefficient (Wildman–Crippen LogP) is 2.82. The smallest absolute Gasteiger partial charge is 0.229 e. The largest absolute Gasteiger partial charge is 0.462 e. The summed E-state index contributed by atoms with van der Waals surface area (Å²) in [5.74, 6) is 0.940. The highest BCUT2D eigenvalue weighted by molar-refractivity contribution is 5.77. The summed E-state index contributed by atoms with van der Waals surface area (Å²) in [5, 5.41) is 0. The number of benzene rings is 1. The first kappa shape index (κ1) is 18.3. The first-order chi connectivity index (χ1) is 13.8. The van der Waals surface area contributed by atoms with E-state index >= 15 is 0 Å². The minimum Gasteiger partial charge on any atom is -0.462 e. The van der Waals surface area contributed by atoms with Crippen LogP contribution in [-0.4, -0.2) is 48.8 Å². The zero-order valence-electron chi connectivity index (χ0n) is 15.9. The van der Waals surface area contributed by atoms with Crippen LogP contribution in [0.3, 0.4) is 0 Å². The van der Waals surface area contributed by atoms with Gasteiger partial charge in [0.15, 0.2) is 0 Å². The molecule has 4 rings (SSSR count). The van der Waals surface area contributed by atoms with Crippen LogP contribution in [0, 0.1) is 5.92 Å². The van der Waals surface area contributed by atoms with Gasteiger partial charge >= 0.3 is 0 Å². The summed E-state index contributed by atoms with van der Waals surface area (Å²) < 4.78 is 10.8. The lowest BCUT2D eigenvalue weighted by Crippen LogP contribution is -2.49. The Hall–Kier alpha value is -3.02. The lowest BCUT2D eigenvalue weighted by Gasteiger charge is -2.36. The quantitative estimate of drug-likeness (QED) is 0.773. The fourth-order valence-corrected chi connectivity index (χ4v) is 3.75. The molecule has 2 aliphatic heterocycles. The number of aromatic nitrogens is 1. The lowest BCUT2D eigenvalue weighted by molar-refractivity contribution is -0.132. The Morgan fingerprint density at radius 1 is 1.04 bits per heavy atom. The Bertz CT molecular complexity index is 802. The molecule has 2 aliphatic rings. The highest BCUT2D eigenvalue weighted by Gasteiger charge is 2.28. The first-order valence-electron chi connectivity index (χ1n) is 9.71. The van der Waals surface area contributed by atoms with Crippen molar-refractivity contribution < 1.29 is 14.3 Å². The van der Waals surface area contributed by atoms with Crippen LogP contribution in [0.5, 0.6) is 0 Å². The summed E-state index contributed by atoms with van der Waals surface area (Å²) in [6, 6.07) is 14.2. The summed E-state index contributed by atoms with van der Waals surface area (Å²) in [6.45, 7) is 3.37. The molecule has 1 unspecified atom stereocenters. The van der Waals surface area contributed by atoms with Gasteiger partial charge in [0.2, 0.25) is 12.7 Å². The van der Waals surface area contributed by atoms with Crippen LogP contribution >= 0.6 is 0 Å². The Labute approximate surface area is 165 Å². The zero-order chi connectivity index (χ0) is 19.2. The molecular formula is C22H25N3O3. The summed E-state index contributed by atoms with van der Waals surface area (Å²) in [6.07, 6.45) is 6.46. The topological polar surface area (TPSA) is 54.9 Å². The van der Waals surface area contributed by atoms with Crippen LogP contribution in [0.2, 0.25) is 0 Å². The van der Waals surface area contributed by atoms with Gasteiger partial charge in [-0.3, -0.25) is 9.78 Å². The van der Waals surface area contributed by atoms with Crippen LogP contribution < -0.4 is 4.90 Å². The number of piperazine rings is 1.